The number of likely N-dealkylation sites (N-methyl/N-ethyl adjacent to an activating group) is 2. The van der Waals surface area contributed by atoms with Crippen molar-refractivity contribution < 1.29 is 0 Å². The molecule has 0 bridgehead atoms. The smallest absolute Gasteiger partial charge is 0.111 e. The average molecular weight is 254 g/mol. The summed E-state index contributed by atoms with van der Waals surface area (Å²) in [5.74, 6) is 0. The van der Waals surface area contributed by atoms with Crippen LogP contribution in [0.15, 0.2) is 5.38 Å². The second kappa shape index (κ2) is 5.91. The molecular formula is C12H22N4S. The Morgan fingerprint density at radius 3 is 3.06 bits per heavy atom. The van der Waals surface area contributed by atoms with Gasteiger partial charge in [0.25, 0.3) is 0 Å². The van der Waals surface area contributed by atoms with Crippen LogP contribution in [0.5, 0.6) is 0 Å². The summed E-state index contributed by atoms with van der Waals surface area (Å²) < 4.78 is 0. The second-order valence-electron chi connectivity index (χ2n) is 4.82. The zero-order valence-electron chi connectivity index (χ0n) is 10.9. The van der Waals surface area contributed by atoms with Gasteiger partial charge in [0, 0.05) is 18.5 Å². The number of nitrogens with one attached hydrogen (secondary N) is 1. The molecule has 0 saturated carbocycles. The van der Waals surface area contributed by atoms with Gasteiger partial charge in [0.05, 0.1) is 11.7 Å². The van der Waals surface area contributed by atoms with E-state index in [1.165, 1.54) is 18.0 Å². The summed E-state index contributed by atoms with van der Waals surface area (Å²) in [4.78, 5) is 9.58. The Labute approximate surface area is 108 Å². The molecule has 1 aromatic heterocycles. The molecule has 0 spiro atoms. The Balaban J connectivity index is 2.11. The molecule has 1 aliphatic heterocycles. The number of aromatic nitrogens is 1. The minimum absolute atomic E-state index is 0.457. The van der Waals surface area contributed by atoms with Gasteiger partial charge in [-0.05, 0) is 40.7 Å². The highest BCUT2D eigenvalue weighted by Gasteiger charge is 2.24. The highest BCUT2D eigenvalue weighted by atomic mass is 32.1. The monoisotopic (exact) mass is 254 g/mol. The maximum atomic E-state index is 4.74. The van der Waals surface area contributed by atoms with Crippen LogP contribution in [0, 0.1) is 0 Å². The first-order chi connectivity index (χ1) is 8.20. The summed E-state index contributed by atoms with van der Waals surface area (Å²) in [5, 5.41) is 6.58. The lowest BCUT2D eigenvalue weighted by Crippen LogP contribution is -2.30. The van der Waals surface area contributed by atoms with E-state index >= 15 is 0 Å². The van der Waals surface area contributed by atoms with Gasteiger partial charge in [0.15, 0.2) is 0 Å². The van der Waals surface area contributed by atoms with Gasteiger partial charge in [-0.1, -0.05) is 0 Å². The Morgan fingerprint density at radius 1 is 1.47 bits per heavy atom. The van der Waals surface area contributed by atoms with E-state index in [1.807, 2.05) is 7.05 Å². The number of hydrogen-bond acceptors (Lipinski definition) is 5. The lowest BCUT2D eigenvalue weighted by molar-refractivity contribution is 0.228. The third-order valence-electron chi connectivity index (χ3n) is 3.28. The standard InChI is InChI=1S/C12H22N4S/c1-13-7-10-9-17-12(14-10)11-8-15(2)5-4-6-16(11)3/h9,11,13H,4-8H2,1-3H3. The van der Waals surface area contributed by atoms with Crippen LogP contribution in [0.2, 0.25) is 0 Å². The van der Waals surface area contributed by atoms with E-state index in [2.05, 4.69) is 34.6 Å². The third kappa shape index (κ3) is 3.25. The highest BCUT2D eigenvalue weighted by Crippen LogP contribution is 2.25. The average Bonchev–Trinajstić information content (AvgIpc) is 2.67. The first kappa shape index (κ1) is 13.0. The molecule has 0 radical (unpaired) electrons. The molecule has 2 rings (SSSR count). The Bertz CT molecular complexity index is 352. The van der Waals surface area contributed by atoms with E-state index in [0.717, 1.165) is 25.3 Å². The quantitative estimate of drug-likeness (QED) is 0.877. The number of nitrogens with zero attached hydrogens (tertiary/aromatic N) is 3. The van der Waals surface area contributed by atoms with E-state index in [-0.39, 0.29) is 0 Å². The first-order valence-corrected chi connectivity index (χ1v) is 7.06. The minimum Gasteiger partial charge on any atom is -0.314 e. The molecule has 1 unspecified atom stereocenters. The normalized spacial score (nSPS) is 23.8. The number of thiazole rings is 1. The lowest BCUT2D eigenvalue weighted by Gasteiger charge is -2.25. The molecule has 0 aromatic carbocycles. The molecule has 5 heteroatoms. The summed E-state index contributed by atoms with van der Waals surface area (Å²) in [6.45, 7) is 4.30. The van der Waals surface area contributed by atoms with E-state index in [0.29, 0.717) is 6.04 Å². The zero-order chi connectivity index (χ0) is 12.3. The van der Waals surface area contributed by atoms with Crippen molar-refractivity contribution in [1.29, 1.82) is 0 Å². The first-order valence-electron chi connectivity index (χ1n) is 6.18. The van der Waals surface area contributed by atoms with Gasteiger partial charge in [0.1, 0.15) is 5.01 Å². The van der Waals surface area contributed by atoms with Gasteiger partial charge >= 0.3 is 0 Å². The van der Waals surface area contributed by atoms with Crippen molar-refractivity contribution in [3.05, 3.63) is 16.1 Å². The zero-order valence-corrected chi connectivity index (χ0v) is 11.8. The van der Waals surface area contributed by atoms with Gasteiger partial charge in [-0.25, -0.2) is 4.98 Å². The van der Waals surface area contributed by atoms with E-state index < -0.39 is 0 Å². The Morgan fingerprint density at radius 2 is 2.29 bits per heavy atom. The topological polar surface area (TPSA) is 31.4 Å². The van der Waals surface area contributed by atoms with Crippen LogP contribution in [0.1, 0.15) is 23.2 Å². The van der Waals surface area contributed by atoms with Gasteiger partial charge in [-0.3, -0.25) is 4.90 Å². The van der Waals surface area contributed by atoms with Gasteiger partial charge in [-0.15, -0.1) is 11.3 Å². The van der Waals surface area contributed by atoms with Crippen LogP contribution < -0.4 is 5.32 Å². The van der Waals surface area contributed by atoms with Gasteiger partial charge in [0.2, 0.25) is 0 Å². The maximum absolute atomic E-state index is 4.74. The summed E-state index contributed by atoms with van der Waals surface area (Å²) in [5.41, 5.74) is 1.16. The van der Waals surface area contributed by atoms with Crippen molar-refractivity contribution in [2.45, 2.75) is 19.0 Å². The SMILES string of the molecule is CNCc1csc(C2CN(C)CCCN2C)n1. The molecule has 17 heavy (non-hydrogen) atoms. The van der Waals surface area contributed by atoms with Crippen molar-refractivity contribution in [3.63, 3.8) is 0 Å². The van der Waals surface area contributed by atoms with E-state index in [1.54, 1.807) is 11.3 Å². The van der Waals surface area contributed by atoms with Crippen molar-refractivity contribution in [3.8, 4) is 0 Å². The Hall–Kier alpha value is -0.490. The molecule has 1 atom stereocenters. The van der Waals surface area contributed by atoms with Crippen LogP contribution in [0.4, 0.5) is 0 Å². The predicted octanol–water partition coefficient (Wildman–Crippen LogP) is 1.17. The van der Waals surface area contributed by atoms with Crippen LogP contribution in [-0.2, 0) is 6.54 Å². The molecule has 96 valence electrons. The van der Waals surface area contributed by atoms with Crippen LogP contribution >= 0.6 is 11.3 Å². The fourth-order valence-corrected chi connectivity index (χ4v) is 3.25. The van der Waals surface area contributed by atoms with Gasteiger partial charge in [-0.2, -0.15) is 0 Å². The van der Waals surface area contributed by atoms with Crippen LogP contribution in [-0.4, -0.2) is 55.6 Å². The van der Waals surface area contributed by atoms with Gasteiger partial charge < -0.3 is 10.2 Å². The molecule has 1 aromatic rings. The minimum atomic E-state index is 0.457. The Kier molecular flexibility index (Phi) is 4.50. The number of rotatable bonds is 3. The molecule has 0 aliphatic carbocycles. The molecular weight excluding hydrogens is 232 g/mol. The number of hydrogen-bond donors (Lipinski definition) is 1. The molecule has 1 N–H and O–H groups in total. The van der Waals surface area contributed by atoms with Crippen molar-refractivity contribution in [2.24, 2.45) is 0 Å². The van der Waals surface area contributed by atoms with E-state index in [9.17, 15) is 0 Å². The largest absolute Gasteiger partial charge is 0.314 e. The molecule has 1 aliphatic rings. The molecule has 1 saturated heterocycles. The van der Waals surface area contributed by atoms with Crippen molar-refractivity contribution in [2.75, 3.05) is 40.8 Å². The molecule has 0 amide bonds. The summed E-state index contributed by atoms with van der Waals surface area (Å²) >= 11 is 1.79. The second-order valence-corrected chi connectivity index (χ2v) is 5.71. The molecule has 1 fully saturated rings. The lowest BCUT2D eigenvalue weighted by atomic mass is 10.2. The van der Waals surface area contributed by atoms with Crippen molar-refractivity contribution >= 4 is 11.3 Å². The summed E-state index contributed by atoms with van der Waals surface area (Å²) in [6.07, 6.45) is 1.25. The fraction of sp³-hybridized carbons (Fsp3) is 0.750. The molecule has 4 nitrogen and oxygen atoms in total. The fourth-order valence-electron chi connectivity index (χ4n) is 2.28. The molecule has 2 heterocycles. The van der Waals surface area contributed by atoms with Crippen LogP contribution in [0.25, 0.3) is 0 Å². The van der Waals surface area contributed by atoms with Crippen LogP contribution in [0.3, 0.4) is 0 Å². The summed E-state index contributed by atoms with van der Waals surface area (Å²) in [7, 11) is 6.38. The predicted molar refractivity (Wildman–Crippen MR) is 72.4 cm³/mol. The van der Waals surface area contributed by atoms with Crippen molar-refractivity contribution in [1.82, 2.24) is 20.1 Å². The maximum Gasteiger partial charge on any atom is 0.111 e. The highest BCUT2D eigenvalue weighted by molar-refractivity contribution is 7.09. The third-order valence-corrected chi connectivity index (χ3v) is 4.27. The summed E-state index contributed by atoms with van der Waals surface area (Å²) in [6, 6.07) is 0.457. The van der Waals surface area contributed by atoms with E-state index in [4.69, 9.17) is 4.98 Å².